The van der Waals surface area contributed by atoms with Crippen molar-refractivity contribution >= 4 is 17.4 Å². The minimum atomic E-state index is -0.412. The summed E-state index contributed by atoms with van der Waals surface area (Å²) in [4.78, 5) is 11.8. The molecule has 1 amide bonds. The van der Waals surface area contributed by atoms with Crippen molar-refractivity contribution in [1.82, 2.24) is 10.2 Å². The third-order valence-electron chi connectivity index (χ3n) is 2.23. The number of carbonyl (C=O) groups excluding carboxylic acids is 1. The summed E-state index contributed by atoms with van der Waals surface area (Å²) in [7, 11) is 0. The van der Waals surface area contributed by atoms with Crippen LogP contribution in [0.2, 0.25) is 0 Å². The van der Waals surface area contributed by atoms with Gasteiger partial charge in [-0.1, -0.05) is 0 Å². The summed E-state index contributed by atoms with van der Waals surface area (Å²) >= 11 is 0. The van der Waals surface area contributed by atoms with Gasteiger partial charge in [0.15, 0.2) is 5.82 Å². The van der Waals surface area contributed by atoms with Gasteiger partial charge in [-0.15, -0.1) is 0 Å². The van der Waals surface area contributed by atoms with E-state index in [2.05, 4.69) is 15.5 Å². The van der Waals surface area contributed by atoms with E-state index in [9.17, 15) is 9.90 Å². The van der Waals surface area contributed by atoms with Gasteiger partial charge in [-0.25, -0.2) is 0 Å². The van der Waals surface area contributed by atoms with Crippen LogP contribution in [-0.2, 0) is 0 Å². The highest BCUT2D eigenvalue weighted by atomic mass is 16.3. The normalized spacial score (nSPS) is 10.2. The van der Waals surface area contributed by atoms with E-state index in [1.165, 1.54) is 18.2 Å². The van der Waals surface area contributed by atoms with Gasteiger partial charge < -0.3 is 16.2 Å². The summed E-state index contributed by atoms with van der Waals surface area (Å²) in [5.41, 5.74) is 7.00. The second-order valence-electron chi connectivity index (χ2n) is 3.66. The molecule has 0 aliphatic rings. The first-order valence-electron chi connectivity index (χ1n) is 4.98. The fourth-order valence-corrected chi connectivity index (χ4v) is 1.41. The van der Waals surface area contributed by atoms with Crippen LogP contribution >= 0.6 is 0 Å². The highest BCUT2D eigenvalue weighted by molar-refractivity contribution is 6.07. The molecule has 0 aliphatic carbocycles. The minimum Gasteiger partial charge on any atom is -0.508 e. The standard InChI is InChI=1S/C11H12N4O2/c1-6-4-10(15-14-6)13-11(17)8-5-7(16)2-3-9(8)12/h2-5,16H,12H2,1H3,(H2,13,14,15,17). The maximum atomic E-state index is 11.8. The highest BCUT2D eigenvalue weighted by Crippen LogP contribution is 2.19. The van der Waals surface area contributed by atoms with Gasteiger partial charge in [-0.3, -0.25) is 9.89 Å². The molecule has 0 fully saturated rings. The molecule has 0 saturated heterocycles. The number of nitrogens with one attached hydrogen (secondary N) is 2. The van der Waals surface area contributed by atoms with E-state index in [-0.39, 0.29) is 11.3 Å². The second kappa shape index (κ2) is 4.17. The zero-order valence-electron chi connectivity index (χ0n) is 9.19. The molecule has 1 heterocycles. The van der Waals surface area contributed by atoms with Gasteiger partial charge in [-0.2, -0.15) is 5.10 Å². The van der Waals surface area contributed by atoms with E-state index in [1.807, 2.05) is 6.92 Å². The predicted octanol–water partition coefficient (Wildman–Crippen LogP) is 1.26. The van der Waals surface area contributed by atoms with Gasteiger partial charge >= 0.3 is 0 Å². The van der Waals surface area contributed by atoms with Gasteiger partial charge in [0.25, 0.3) is 5.91 Å². The van der Waals surface area contributed by atoms with Crippen molar-refractivity contribution in [3.05, 3.63) is 35.5 Å². The average Bonchev–Trinajstić information content (AvgIpc) is 2.67. The van der Waals surface area contributed by atoms with Gasteiger partial charge in [-0.05, 0) is 25.1 Å². The Bertz CT molecular complexity index is 562. The number of aromatic nitrogens is 2. The van der Waals surface area contributed by atoms with Crippen LogP contribution in [0.1, 0.15) is 16.1 Å². The molecular weight excluding hydrogens is 220 g/mol. The van der Waals surface area contributed by atoms with E-state index >= 15 is 0 Å². The maximum absolute atomic E-state index is 11.8. The van der Waals surface area contributed by atoms with Crippen molar-refractivity contribution in [3.63, 3.8) is 0 Å². The lowest BCUT2D eigenvalue weighted by Crippen LogP contribution is -2.14. The van der Waals surface area contributed by atoms with E-state index in [0.29, 0.717) is 11.5 Å². The number of amides is 1. The van der Waals surface area contributed by atoms with E-state index < -0.39 is 5.91 Å². The molecule has 0 unspecified atom stereocenters. The number of carbonyl (C=O) groups is 1. The zero-order chi connectivity index (χ0) is 12.4. The fourth-order valence-electron chi connectivity index (χ4n) is 1.41. The Morgan fingerprint density at radius 1 is 1.47 bits per heavy atom. The van der Waals surface area contributed by atoms with Crippen LogP contribution in [0.4, 0.5) is 11.5 Å². The maximum Gasteiger partial charge on any atom is 0.259 e. The number of phenols is 1. The largest absolute Gasteiger partial charge is 0.508 e. The number of nitrogens with two attached hydrogens (primary N) is 1. The number of hydrogen-bond acceptors (Lipinski definition) is 4. The first kappa shape index (κ1) is 11.0. The minimum absolute atomic E-state index is 0.0115. The number of nitrogen functional groups attached to an aromatic ring is 1. The van der Waals surface area contributed by atoms with E-state index in [0.717, 1.165) is 5.69 Å². The smallest absolute Gasteiger partial charge is 0.259 e. The van der Waals surface area contributed by atoms with Crippen LogP contribution in [0.5, 0.6) is 5.75 Å². The number of aryl methyl sites for hydroxylation is 1. The number of benzene rings is 1. The molecular formula is C11H12N4O2. The third kappa shape index (κ3) is 2.36. The lowest BCUT2D eigenvalue weighted by Gasteiger charge is -2.05. The molecule has 6 nitrogen and oxygen atoms in total. The van der Waals surface area contributed by atoms with Gasteiger partial charge in [0.2, 0.25) is 0 Å². The molecule has 1 aromatic heterocycles. The van der Waals surface area contributed by atoms with Crippen LogP contribution in [0.15, 0.2) is 24.3 Å². The first-order chi connectivity index (χ1) is 8.06. The number of hydrogen-bond donors (Lipinski definition) is 4. The van der Waals surface area contributed by atoms with Crippen LogP contribution < -0.4 is 11.1 Å². The number of phenolic OH excluding ortho intramolecular Hbond substituents is 1. The molecule has 2 rings (SSSR count). The molecule has 0 bridgehead atoms. The van der Waals surface area contributed by atoms with Crippen molar-refractivity contribution in [2.75, 3.05) is 11.1 Å². The zero-order valence-corrected chi connectivity index (χ0v) is 9.19. The van der Waals surface area contributed by atoms with Crippen molar-refractivity contribution in [2.24, 2.45) is 0 Å². The molecule has 0 aliphatic heterocycles. The van der Waals surface area contributed by atoms with Crippen LogP contribution in [0.3, 0.4) is 0 Å². The second-order valence-corrected chi connectivity index (χ2v) is 3.66. The Morgan fingerprint density at radius 2 is 2.24 bits per heavy atom. The first-order valence-corrected chi connectivity index (χ1v) is 4.98. The Hall–Kier alpha value is -2.50. The summed E-state index contributed by atoms with van der Waals surface area (Å²) < 4.78 is 0. The van der Waals surface area contributed by atoms with E-state index in [1.54, 1.807) is 6.07 Å². The molecule has 0 atom stereocenters. The van der Waals surface area contributed by atoms with Crippen molar-refractivity contribution in [3.8, 4) is 5.75 Å². The number of aromatic hydroxyl groups is 1. The van der Waals surface area contributed by atoms with Gasteiger partial charge in [0.1, 0.15) is 5.75 Å². The summed E-state index contributed by atoms with van der Waals surface area (Å²) in [6.45, 7) is 1.82. The van der Waals surface area contributed by atoms with Crippen molar-refractivity contribution in [2.45, 2.75) is 6.92 Å². The van der Waals surface area contributed by atoms with Crippen molar-refractivity contribution in [1.29, 1.82) is 0 Å². The van der Waals surface area contributed by atoms with Crippen molar-refractivity contribution < 1.29 is 9.90 Å². The molecule has 88 valence electrons. The van der Waals surface area contributed by atoms with Crippen LogP contribution in [0.25, 0.3) is 0 Å². The molecule has 17 heavy (non-hydrogen) atoms. The summed E-state index contributed by atoms with van der Waals surface area (Å²) in [6, 6.07) is 5.89. The Kier molecular flexibility index (Phi) is 2.70. The summed E-state index contributed by atoms with van der Waals surface area (Å²) in [5.74, 6) is -0.0114. The third-order valence-corrected chi connectivity index (χ3v) is 2.23. The monoisotopic (exact) mass is 232 g/mol. The molecule has 5 N–H and O–H groups in total. The predicted molar refractivity (Wildman–Crippen MR) is 63.8 cm³/mol. The number of nitrogens with zero attached hydrogens (tertiary/aromatic N) is 1. The van der Waals surface area contributed by atoms with Crippen LogP contribution in [0, 0.1) is 6.92 Å². The SMILES string of the molecule is Cc1cc(NC(=O)c2cc(O)ccc2N)n[nH]1. The lowest BCUT2D eigenvalue weighted by molar-refractivity contribution is 0.102. The molecule has 1 aromatic carbocycles. The van der Waals surface area contributed by atoms with Gasteiger partial charge in [0.05, 0.1) is 5.56 Å². The summed E-state index contributed by atoms with van der Waals surface area (Å²) in [6.07, 6.45) is 0. The molecule has 2 aromatic rings. The molecule has 0 spiro atoms. The highest BCUT2D eigenvalue weighted by Gasteiger charge is 2.11. The number of H-pyrrole nitrogens is 1. The average molecular weight is 232 g/mol. The summed E-state index contributed by atoms with van der Waals surface area (Å²) in [5, 5.41) is 18.5. The molecule has 6 heteroatoms. The Morgan fingerprint density at radius 3 is 2.88 bits per heavy atom. The topological polar surface area (TPSA) is 104 Å². The number of anilines is 2. The van der Waals surface area contributed by atoms with E-state index in [4.69, 9.17) is 5.73 Å². The Balaban J connectivity index is 2.22. The number of rotatable bonds is 2. The molecule has 0 radical (unpaired) electrons. The van der Waals surface area contributed by atoms with Crippen LogP contribution in [-0.4, -0.2) is 21.2 Å². The quantitative estimate of drug-likeness (QED) is 0.462. The number of aromatic amines is 1. The fraction of sp³-hybridized carbons (Fsp3) is 0.0909. The lowest BCUT2D eigenvalue weighted by atomic mass is 10.1. The Labute approximate surface area is 97.5 Å². The van der Waals surface area contributed by atoms with Gasteiger partial charge in [0, 0.05) is 17.4 Å². The molecule has 0 saturated carbocycles.